The quantitative estimate of drug-likeness (QED) is 0.506. The first-order valence-corrected chi connectivity index (χ1v) is 9.14. The monoisotopic (exact) mass is 372 g/mol. The lowest BCUT2D eigenvalue weighted by atomic mass is 10.1. The summed E-state index contributed by atoms with van der Waals surface area (Å²) < 4.78 is 11.3. The van der Waals surface area contributed by atoms with Gasteiger partial charge in [-0.05, 0) is 68.4 Å². The minimum absolute atomic E-state index is 0.154. The summed E-state index contributed by atoms with van der Waals surface area (Å²) in [5, 5.41) is 2.91. The largest absolute Gasteiger partial charge is 0.494 e. The van der Waals surface area contributed by atoms with Crippen molar-refractivity contribution < 1.29 is 13.9 Å². The molecule has 0 spiro atoms. The van der Waals surface area contributed by atoms with E-state index in [1.807, 2.05) is 74.5 Å². The molecule has 0 aliphatic rings. The number of oxazole rings is 1. The van der Waals surface area contributed by atoms with E-state index in [0.717, 1.165) is 16.9 Å². The summed E-state index contributed by atoms with van der Waals surface area (Å²) in [5.74, 6) is 1.18. The van der Waals surface area contributed by atoms with Gasteiger partial charge in [-0.15, -0.1) is 0 Å². The molecule has 4 aromatic rings. The van der Waals surface area contributed by atoms with Gasteiger partial charge in [-0.25, -0.2) is 4.98 Å². The Morgan fingerprint density at radius 3 is 2.64 bits per heavy atom. The van der Waals surface area contributed by atoms with Crippen LogP contribution < -0.4 is 10.1 Å². The summed E-state index contributed by atoms with van der Waals surface area (Å²) in [4.78, 5) is 17.0. The van der Waals surface area contributed by atoms with Crippen molar-refractivity contribution in [3.05, 3.63) is 77.9 Å². The molecule has 140 valence electrons. The second-order valence-electron chi connectivity index (χ2n) is 6.48. The highest BCUT2D eigenvalue weighted by molar-refractivity contribution is 6.05. The molecule has 0 saturated heterocycles. The average molecular weight is 372 g/mol. The fourth-order valence-corrected chi connectivity index (χ4v) is 2.98. The van der Waals surface area contributed by atoms with Gasteiger partial charge in [0.15, 0.2) is 5.58 Å². The maximum atomic E-state index is 12.4. The molecule has 1 aromatic heterocycles. The molecule has 0 aliphatic heterocycles. The lowest BCUT2D eigenvalue weighted by Crippen LogP contribution is -2.11. The number of carbonyl (C=O) groups excluding carboxylic acids is 1. The van der Waals surface area contributed by atoms with Crippen molar-refractivity contribution in [2.24, 2.45) is 0 Å². The molecular formula is C23H20N2O3. The number of nitrogens with one attached hydrogen (secondary N) is 1. The number of hydrogen-bond donors (Lipinski definition) is 1. The van der Waals surface area contributed by atoms with Crippen molar-refractivity contribution in [3.63, 3.8) is 0 Å². The van der Waals surface area contributed by atoms with Crippen molar-refractivity contribution in [2.75, 3.05) is 11.9 Å². The van der Waals surface area contributed by atoms with E-state index in [4.69, 9.17) is 9.15 Å². The molecule has 0 unspecified atom stereocenters. The van der Waals surface area contributed by atoms with E-state index >= 15 is 0 Å². The number of rotatable bonds is 5. The predicted octanol–water partition coefficient (Wildman–Crippen LogP) is 5.45. The number of amides is 1. The van der Waals surface area contributed by atoms with Crippen LogP contribution in [0.4, 0.5) is 5.69 Å². The van der Waals surface area contributed by atoms with Crippen LogP contribution in [-0.4, -0.2) is 17.5 Å². The van der Waals surface area contributed by atoms with Crippen LogP contribution in [0.1, 0.15) is 22.8 Å². The van der Waals surface area contributed by atoms with Gasteiger partial charge < -0.3 is 14.5 Å². The van der Waals surface area contributed by atoms with Crippen molar-refractivity contribution in [3.8, 4) is 17.2 Å². The molecule has 0 fully saturated rings. The Kier molecular flexibility index (Phi) is 4.81. The molecule has 0 bridgehead atoms. The highest BCUT2D eigenvalue weighted by atomic mass is 16.5. The SMILES string of the molecule is CCOc1ccc(-c2nc3cc(NC(=O)c4cccc(C)c4)ccc3o2)cc1. The summed E-state index contributed by atoms with van der Waals surface area (Å²) in [6, 6.07) is 20.5. The number of benzene rings is 3. The summed E-state index contributed by atoms with van der Waals surface area (Å²) in [6.07, 6.45) is 0. The van der Waals surface area contributed by atoms with Crippen LogP contribution in [0.15, 0.2) is 71.1 Å². The molecule has 1 N–H and O–H groups in total. The Bertz CT molecular complexity index is 1130. The number of aromatic nitrogens is 1. The molecule has 1 heterocycles. The molecule has 1 amide bonds. The molecule has 3 aromatic carbocycles. The van der Waals surface area contributed by atoms with Crippen LogP contribution in [0.5, 0.6) is 5.75 Å². The molecule has 0 saturated carbocycles. The van der Waals surface area contributed by atoms with E-state index in [2.05, 4.69) is 10.3 Å². The molecule has 0 radical (unpaired) electrons. The van der Waals surface area contributed by atoms with Gasteiger partial charge in [-0.1, -0.05) is 17.7 Å². The average Bonchev–Trinajstić information content (AvgIpc) is 3.12. The Labute approximate surface area is 163 Å². The number of ether oxygens (including phenoxy) is 1. The second-order valence-corrected chi connectivity index (χ2v) is 6.48. The van der Waals surface area contributed by atoms with Gasteiger partial charge in [0.2, 0.25) is 5.89 Å². The van der Waals surface area contributed by atoms with Gasteiger partial charge in [0.25, 0.3) is 5.91 Å². The van der Waals surface area contributed by atoms with Crippen molar-refractivity contribution in [1.82, 2.24) is 4.98 Å². The first-order valence-electron chi connectivity index (χ1n) is 9.14. The first-order chi connectivity index (χ1) is 13.6. The number of anilines is 1. The Morgan fingerprint density at radius 2 is 1.89 bits per heavy atom. The summed E-state index contributed by atoms with van der Waals surface area (Å²) in [6.45, 7) is 4.53. The van der Waals surface area contributed by atoms with Gasteiger partial charge in [0, 0.05) is 16.8 Å². The normalized spacial score (nSPS) is 10.8. The zero-order valence-corrected chi connectivity index (χ0v) is 15.7. The third-order valence-electron chi connectivity index (χ3n) is 4.34. The van der Waals surface area contributed by atoms with Crippen LogP contribution in [0.25, 0.3) is 22.6 Å². The number of hydrogen-bond acceptors (Lipinski definition) is 4. The molecule has 28 heavy (non-hydrogen) atoms. The van der Waals surface area contributed by atoms with Crippen molar-refractivity contribution in [2.45, 2.75) is 13.8 Å². The molecule has 5 nitrogen and oxygen atoms in total. The van der Waals surface area contributed by atoms with E-state index in [1.165, 1.54) is 0 Å². The number of fused-ring (bicyclic) bond motifs is 1. The summed E-state index contributed by atoms with van der Waals surface area (Å²) in [5.41, 5.74) is 4.55. The minimum Gasteiger partial charge on any atom is -0.494 e. The minimum atomic E-state index is -0.154. The fourth-order valence-electron chi connectivity index (χ4n) is 2.98. The van der Waals surface area contributed by atoms with Gasteiger partial charge in [-0.2, -0.15) is 0 Å². The van der Waals surface area contributed by atoms with Crippen LogP contribution in [0.3, 0.4) is 0 Å². The Morgan fingerprint density at radius 1 is 1.07 bits per heavy atom. The molecule has 4 rings (SSSR count). The Balaban J connectivity index is 1.57. The number of aryl methyl sites for hydroxylation is 1. The third-order valence-corrected chi connectivity index (χ3v) is 4.34. The Hall–Kier alpha value is -3.60. The third kappa shape index (κ3) is 3.74. The molecular weight excluding hydrogens is 352 g/mol. The lowest BCUT2D eigenvalue weighted by Gasteiger charge is -2.05. The van der Waals surface area contributed by atoms with Gasteiger partial charge in [0.1, 0.15) is 11.3 Å². The zero-order valence-electron chi connectivity index (χ0n) is 15.7. The highest BCUT2D eigenvalue weighted by Crippen LogP contribution is 2.27. The van der Waals surface area contributed by atoms with Crippen LogP contribution in [-0.2, 0) is 0 Å². The number of carbonyl (C=O) groups is 1. The van der Waals surface area contributed by atoms with Crippen LogP contribution in [0.2, 0.25) is 0 Å². The second kappa shape index (κ2) is 7.56. The maximum Gasteiger partial charge on any atom is 0.255 e. The van der Waals surface area contributed by atoms with E-state index in [9.17, 15) is 4.79 Å². The van der Waals surface area contributed by atoms with Crippen LogP contribution >= 0.6 is 0 Å². The first kappa shape index (κ1) is 17.8. The fraction of sp³-hybridized carbons (Fsp3) is 0.130. The van der Waals surface area contributed by atoms with Crippen LogP contribution in [0, 0.1) is 6.92 Å². The number of nitrogens with zero attached hydrogens (tertiary/aromatic N) is 1. The molecule has 5 heteroatoms. The van der Waals surface area contributed by atoms with Crippen molar-refractivity contribution in [1.29, 1.82) is 0 Å². The van der Waals surface area contributed by atoms with E-state index in [1.54, 1.807) is 6.07 Å². The molecule has 0 aliphatic carbocycles. The van der Waals surface area contributed by atoms with Gasteiger partial charge in [-0.3, -0.25) is 4.79 Å². The smallest absolute Gasteiger partial charge is 0.255 e. The standard InChI is InChI=1S/C23H20N2O3/c1-3-27-19-10-7-16(8-11-19)23-25-20-14-18(9-12-21(20)28-23)24-22(26)17-6-4-5-15(2)13-17/h4-14H,3H2,1-2H3,(H,24,26). The van der Waals surface area contributed by atoms with Crippen molar-refractivity contribution >= 4 is 22.7 Å². The maximum absolute atomic E-state index is 12.4. The van der Waals surface area contributed by atoms with E-state index < -0.39 is 0 Å². The zero-order chi connectivity index (χ0) is 19.5. The van der Waals surface area contributed by atoms with E-state index in [-0.39, 0.29) is 5.91 Å². The summed E-state index contributed by atoms with van der Waals surface area (Å²) in [7, 11) is 0. The predicted molar refractivity (Wildman–Crippen MR) is 110 cm³/mol. The lowest BCUT2D eigenvalue weighted by molar-refractivity contribution is 0.102. The summed E-state index contributed by atoms with van der Waals surface area (Å²) >= 11 is 0. The van der Waals surface area contributed by atoms with E-state index in [0.29, 0.717) is 34.8 Å². The topological polar surface area (TPSA) is 64.4 Å². The van der Waals surface area contributed by atoms with Gasteiger partial charge in [0.05, 0.1) is 6.61 Å². The van der Waals surface area contributed by atoms with Gasteiger partial charge >= 0.3 is 0 Å². The highest BCUT2D eigenvalue weighted by Gasteiger charge is 2.11. The molecule has 0 atom stereocenters.